The fourth-order valence-corrected chi connectivity index (χ4v) is 2.71. The molecule has 0 aliphatic heterocycles. The van der Waals surface area contributed by atoms with Crippen molar-refractivity contribution in [2.24, 2.45) is 17.2 Å². The second kappa shape index (κ2) is 14.6. The molecule has 14 heteroatoms. The van der Waals surface area contributed by atoms with Crippen molar-refractivity contribution >= 4 is 42.2 Å². The minimum atomic E-state index is -1.50. The smallest absolute Gasteiger partial charge is 0.326 e. The zero-order chi connectivity index (χ0) is 24.1. The number of aliphatic carboxylic acids is 1. The fraction of sp³-hybridized carbons (Fsp3) is 0.706. The molecule has 0 aliphatic carbocycles. The molecule has 13 nitrogen and oxygen atoms in total. The third-order valence-corrected chi connectivity index (χ3v) is 4.56. The van der Waals surface area contributed by atoms with E-state index in [1.165, 1.54) is 6.92 Å². The number of carbonyl (C=O) groups is 5. The Bertz CT molecular complexity index is 648. The Labute approximate surface area is 185 Å². The molecule has 11 N–H and O–H groups in total. The van der Waals surface area contributed by atoms with Crippen molar-refractivity contribution in [3.63, 3.8) is 0 Å². The van der Waals surface area contributed by atoms with Crippen LogP contribution >= 0.6 is 12.6 Å². The highest BCUT2D eigenvalue weighted by molar-refractivity contribution is 7.80. The number of carbonyl (C=O) groups excluding carboxylic acids is 4. The molecule has 0 aliphatic rings. The molecule has 0 fully saturated rings. The van der Waals surface area contributed by atoms with Gasteiger partial charge in [0.2, 0.25) is 23.6 Å². The minimum absolute atomic E-state index is 0.117. The number of hydrogen-bond acceptors (Lipinski definition) is 9. The lowest BCUT2D eigenvalue weighted by molar-refractivity contribution is -0.143. The molecule has 0 saturated carbocycles. The van der Waals surface area contributed by atoms with Crippen LogP contribution in [-0.2, 0) is 24.0 Å². The summed E-state index contributed by atoms with van der Waals surface area (Å²) >= 11 is 3.96. The summed E-state index contributed by atoms with van der Waals surface area (Å²) in [6, 6.07) is -5.26. The molecule has 0 aromatic rings. The summed E-state index contributed by atoms with van der Waals surface area (Å²) < 4.78 is 0. The molecule has 4 amide bonds. The SMILES string of the molecule is CC(O)C(NC(=O)C(CS)NC(=O)C(N)CC(N)=O)C(=O)NC(CCCCN)C(=O)O. The Morgan fingerprint density at radius 3 is 2.00 bits per heavy atom. The molecule has 0 rings (SSSR count). The Morgan fingerprint density at radius 1 is 0.968 bits per heavy atom. The number of carboxylic acid groups (broad SMARTS) is 1. The van der Waals surface area contributed by atoms with E-state index in [0.29, 0.717) is 19.4 Å². The van der Waals surface area contributed by atoms with E-state index in [4.69, 9.17) is 17.2 Å². The molecule has 5 atom stereocenters. The number of aliphatic hydroxyl groups excluding tert-OH is 1. The Balaban J connectivity index is 5.13. The molecule has 178 valence electrons. The number of rotatable bonds is 15. The maximum Gasteiger partial charge on any atom is 0.326 e. The molecule has 0 heterocycles. The van der Waals surface area contributed by atoms with Gasteiger partial charge < -0.3 is 43.4 Å². The van der Waals surface area contributed by atoms with E-state index in [1.54, 1.807) is 0 Å². The molecular weight excluding hydrogens is 432 g/mol. The Morgan fingerprint density at radius 2 is 1.55 bits per heavy atom. The summed E-state index contributed by atoms with van der Waals surface area (Å²) in [5.74, 6) is -4.89. The number of aliphatic hydroxyl groups is 1. The lowest BCUT2D eigenvalue weighted by Gasteiger charge is -2.26. The van der Waals surface area contributed by atoms with Gasteiger partial charge in [0, 0.05) is 5.75 Å². The largest absolute Gasteiger partial charge is 0.480 e. The summed E-state index contributed by atoms with van der Waals surface area (Å²) in [6.07, 6.45) is -0.676. The van der Waals surface area contributed by atoms with Crippen LogP contribution in [0.1, 0.15) is 32.6 Å². The first-order chi connectivity index (χ1) is 14.4. The third-order valence-electron chi connectivity index (χ3n) is 4.20. The second-order valence-corrected chi connectivity index (χ2v) is 7.30. The fourth-order valence-electron chi connectivity index (χ4n) is 2.45. The van der Waals surface area contributed by atoms with Crippen LogP contribution in [0.15, 0.2) is 0 Å². The highest BCUT2D eigenvalue weighted by Gasteiger charge is 2.32. The predicted molar refractivity (Wildman–Crippen MR) is 114 cm³/mol. The molecule has 5 unspecified atom stereocenters. The highest BCUT2D eigenvalue weighted by Crippen LogP contribution is 2.04. The monoisotopic (exact) mass is 464 g/mol. The van der Waals surface area contributed by atoms with Gasteiger partial charge in [-0.25, -0.2) is 4.79 Å². The van der Waals surface area contributed by atoms with Crippen LogP contribution < -0.4 is 33.2 Å². The minimum Gasteiger partial charge on any atom is -0.480 e. The lowest BCUT2D eigenvalue weighted by Crippen LogP contribution is -2.60. The number of primary amides is 1. The van der Waals surface area contributed by atoms with Crippen LogP contribution in [0.3, 0.4) is 0 Å². The number of thiol groups is 1. The topological polar surface area (TPSA) is 240 Å². The average molecular weight is 465 g/mol. The van der Waals surface area contributed by atoms with Gasteiger partial charge in [-0.05, 0) is 32.7 Å². The number of carboxylic acids is 1. The van der Waals surface area contributed by atoms with E-state index >= 15 is 0 Å². The molecule has 0 aromatic carbocycles. The van der Waals surface area contributed by atoms with E-state index < -0.39 is 66.3 Å². The van der Waals surface area contributed by atoms with Crippen molar-refractivity contribution in [3.05, 3.63) is 0 Å². The van der Waals surface area contributed by atoms with Crippen molar-refractivity contribution in [3.8, 4) is 0 Å². The highest BCUT2D eigenvalue weighted by atomic mass is 32.1. The zero-order valence-electron chi connectivity index (χ0n) is 17.2. The molecule has 0 bridgehead atoms. The summed E-state index contributed by atoms with van der Waals surface area (Å²) in [5, 5.41) is 26.0. The van der Waals surface area contributed by atoms with Crippen LogP contribution in [0.25, 0.3) is 0 Å². The van der Waals surface area contributed by atoms with Crippen molar-refractivity contribution in [2.45, 2.75) is 62.9 Å². The molecule has 31 heavy (non-hydrogen) atoms. The predicted octanol–water partition coefficient (Wildman–Crippen LogP) is -3.83. The van der Waals surface area contributed by atoms with Crippen LogP contribution in [0.4, 0.5) is 0 Å². The number of unbranched alkanes of at least 4 members (excludes halogenated alkanes) is 1. The van der Waals surface area contributed by atoms with Gasteiger partial charge in [0.25, 0.3) is 0 Å². The van der Waals surface area contributed by atoms with E-state index in [9.17, 15) is 34.2 Å². The van der Waals surface area contributed by atoms with E-state index in [-0.39, 0.29) is 12.2 Å². The van der Waals surface area contributed by atoms with Gasteiger partial charge in [-0.1, -0.05) is 0 Å². The van der Waals surface area contributed by atoms with E-state index in [2.05, 4.69) is 28.6 Å². The molecule has 0 spiro atoms. The van der Waals surface area contributed by atoms with Gasteiger partial charge in [-0.2, -0.15) is 12.6 Å². The Hall–Kier alpha value is -2.42. The summed E-state index contributed by atoms with van der Waals surface area (Å²) in [5.41, 5.74) is 15.9. The van der Waals surface area contributed by atoms with Gasteiger partial charge in [0.1, 0.15) is 18.1 Å². The van der Waals surface area contributed by atoms with Crippen molar-refractivity contribution in [2.75, 3.05) is 12.3 Å². The molecule has 0 saturated heterocycles. The summed E-state index contributed by atoms with van der Waals surface area (Å²) in [4.78, 5) is 59.2. The number of amides is 4. The third kappa shape index (κ3) is 11.0. The lowest BCUT2D eigenvalue weighted by atomic mass is 10.1. The Kier molecular flexibility index (Phi) is 13.4. The number of nitrogens with two attached hydrogens (primary N) is 3. The van der Waals surface area contributed by atoms with Gasteiger partial charge in [-0.3, -0.25) is 19.2 Å². The zero-order valence-corrected chi connectivity index (χ0v) is 18.1. The number of nitrogens with one attached hydrogen (secondary N) is 3. The standard InChI is InChI=1S/C17H32N6O7S/c1-8(24)13(16(28)21-10(17(29)30)4-2-3-5-18)23-15(27)11(7-31)22-14(26)9(19)6-12(20)25/h8-11,13,24,31H,2-7,18-19H2,1H3,(H2,20,25)(H,21,28)(H,22,26)(H,23,27)(H,29,30). The van der Waals surface area contributed by atoms with E-state index in [0.717, 1.165) is 0 Å². The maximum absolute atomic E-state index is 12.5. The normalized spacial score (nSPS) is 15.6. The van der Waals surface area contributed by atoms with Gasteiger partial charge in [0.05, 0.1) is 18.6 Å². The van der Waals surface area contributed by atoms with Crippen molar-refractivity contribution < 1.29 is 34.2 Å². The van der Waals surface area contributed by atoms with Crippen LogP contribution in [-0.4, -0.2) is 82.4 Å². The van der Waals surface area contributed by atoms with Gasteiger partial charge in [-0.15, -0.1) is 0 Å². The molecular formula is C17H32N6O7S. The van der Waals surface area contributed by atoms with Crippen molar-refractivity contribution in [1.82, 2.24) is 16.0 Å². The van der Waals surface area contributed by atoms with Crippen LogP contribution in [0, 0.1) is 0 Å². The molecule has 0 radical (unpaired) electrons. The first kappa shape index (κ1) is 28.6. The quantitative estimate of drug-likeness (QED) is 0.0850. The molecule has 0 aromatic heterocycles. The first-order valence-electron chi connectivity index (χ1n) is 9.61. The summed E-state index contributed by atoms with van der Waals surface area (Å²) in [6.45, 7) is 1.60. The number of hydrogen-bond donors (Lipinski definition) is 9. The van der Waals surface area contributed by atoms with Crippen LogP contribution in [0.5, 0.6) is 0 Å². The van der Waals surface area contributed by atoms with E-state index in [1.807, 2.05) is 0 Å². The average Bonchev–Trinajstić information content (AvgIpc) is 2.67. The first-order valence-corrected chi connectivity index (χ1v) is 10.2. The van der Waals surface area contributed by atoms with Crippen molar-refractivity contribution in [1.29, 1.82) is 0 Å². The second-order valence-electron chi connectivity index (χ2n) is 6.93. The summed E-state index contributed by atoms with van der Waals surface area (Å²) in [7, 11) is 0. The van der Waals surface area contributed by atoms with Gasteiger partial charge in [0.15, 0.2) is 0 Å². The maximum atomic E-state index is 12.5. The van der Waals surface area contributed by atoms with Gasteiger partial charge >= 0.3 is 5.97 Å². The van der Waals surface area contributed by atoms with Crippen LogP contribution in [0.2, 0.25) is 0 Å².